The highest BCUT2D eigenvalue weighted by molar-refractivity contribution is 5.94. The van der Waals surface area contributed by atoms with Gasteiger partial charge in [0.05, 0.1) is 37.4 Å². The number of dihydropyridines is 1. The van der Waals surface area contributed by atoms with Gasteiger partial charge in [-0.1, -0.05) is 60.7 Å². The Kier molecular flexibility index (Phi) is 5.95. The van der Waals surface area contributed by atoms with Crippen LogP contribution in [0.2, 0.25) is 0 Å². The Morgan fingerprint density at radius 1 is 1.15 bits per heavy atom. The lowest BCUT2D eigenvalue weighted by Gasteiger charge is -2.38. The lowest BCUT2D eigenvalue weighted by molar-refractivity contribution is 0.0949. The van der Waals surface area contributed by atoms with E-state index in [1.165, 1.54) is 0 Å². The molecular formula is C28H26N4O2. The van der Waals surface area contributed by atoms with Gasteiger partial charge in [-0.15, -0.1) is 0 Å². The predicted octanol–water partition coefficient (Wildman–Crippen LogP) is 4.11. The number of fused-ring (bicyclic) bond motifs is 1. The maximum Gasteiger partial charge on any atom is 0.254 e. The normalized spacial score (nSPS) is 18.6. The van der Waals surface area contributed by atoms with E-state index in [4.69, 9.17) is 4.74 Å². The van der Waals surface area contributed by atoms with Crippen LogP contribution in [0.15, 0.2) is 107 Å². The van der Waals surface area contributed by atoms with Crippen LogP contribution in [0.5, 0.6) is 5.75 Å². The summed E-state index contributed by atoms with van der Waals surface area (Å²) in [7, 11) is 1.66. The van der Waals surface area contributed by atoms with Gasteiger partial charge in [0.25, 0.3) is 5.91 Å². The molecule has 6 heteroatoms. The number of amides is 1. The molecule has 0 bridgehead atoms. The van der Waals surface area contributed by atoms with Crippen LogP contribution in [0.3, 0.4) is 0 Å². The van der Waals surface area contributed by atoms with Gasteiger partial charge in [0.15, 0.2) is 0 Å². The maximum atomic E-state index is 13.1. The van der Waals surface area contributed by atoms with E-state index >= 15 is 0 Å². The number of hydrogen-bond donors (Lipinski definition) is 1. The molecule has 2 aromatic carbocycles. The number of ether oxygens (including phenoxy) is 1. The third-order valence-corrected chi connectivity index (χ3v) is 6.31. The van der Waals surface area contributed by atoms with Crippen molar-refractivity contribution in [3.8, 4) is 5.75 Å². The molecule has 0 spiro atoms. The number of aromatic nitrogens is 2. The number of aliphatic imine (C=N–C) groups is 1. The number of rotatable bonds is 7. The van der Waals surface area contributed by atoms with Crippen molar-refractivity contribution >= 4 is 12.1 Å². The molecule has 0 saturated carbocycles. The van der Waals surface area contributed by atoms with Crippen molar-refractivity contribution in [2.24, 2.45) is 4.99 Å². The molecule has 1 amide bonds. The van der Waals surface area contributed by atoms with Crippen LogP contribution >= 0.6 is 0 Å². The molecule has 1 atom stereocenters. The minimum absolute atomic E-state index is 0.156. The second-order valence-corrected chi connectivity index (χ2v) is 8.42. The minimum Gasteiger partial charge on any atom is -0.497 e. The van der Waals surface area contributed by atoms with E-state index < -0.39 is 5.41 Å². The average molecular weight is 451 g/mol. The van der Waals surface area contributed by atoms with Gasteiger partial charge in [0, 0.05) is 19.0 Å². The molecule has 2 heterocycles. The van der Waals surface area contributed by atoms with Crippen LogP contribution in [-0.4, -0.2) is 42.1 Å². The first-order valence-corrected chi connectivity index (χ1v) is 11.3. The van der Waals surface area contributed by atoms with Crippen LogP contribution in [-0.2, 0) is 12.0 Å². The van der Waals surface area contributed by atoms with E-state index in [0.29, 0.717) is 25.2 Å². The Morgan fingerprint density at radius 2 is 2.03 bits per heavy atom. The Balaban J connectivity index is 1.40. The van der Waals surface area contributed by atoms with Gasteiger partial charge in [-0.05, 0) is 40.5 Å². The molecule has 1 unspecified atom stereocenters. The van der Waals surface area contributed by atoms with E-state index in [2.05, 4.69) is 39.7 Å². The fraction of sp³-hybridized carbons (Fsp3) is 0.179. The Bertz CT molecular complexity index is 1320. The largest absolute Gasteiger partial charge is 0.497 e. The molecule has 0 radical (unpaired) electrons. The number of methoxy groups -OCH3 is 1. The third kappa shape index (κ3) is 4.22. The fourth-order valence-corrected chi connectivity index (χ4v) is 4.53. The average Bonchev–Trinajstić information content (AvgIpc) is 3.36. The second kappa shape index (κ2) is 9.35. The molecule has 2 aliphatic rings. The summed E-state index contributed by atoms with van der Waals surface area (Å²) in [5, 5.41) is 7.54. The van der Waals surface area contributed by atoms with E-state index in [1.54, 1.807) is 24.2 Å². The summed E-state index contributed by atoms with van der Waals surface area (Å²) in [6.45, 7) is 1.64. The molecule has 1 aliphatic carbocycles. The summed E-state index contributed by atoms with van der Waals surface area (Å²) in [6.07, 6.45) is 13.6. The van der Waals surface area contributed by atoms with Gasteiger partial charge < -0.3 is 10.1 Å². The van der Waals surface area contributed by atoms with Crippen molar-refractivity contribution in [2.45, 2.75) is 12.0 Å². The van der Waals surface area contributed by atoms with Gasteiger partial charge in [0.2, 0.25) is 0 Å². The SMILES string of the molecule is COc1cccc(C2(CNC(=O)c3cnn(Cc4ccccc4)c3)C=CC=C3CN=CC=C32)c1. The van der Waals surface area contributed by atoms with Gasteiger partial charge >= 0.3 is 0 Å². The summed E-state index contributed by atoms with van der Waals surface area (Å²) in [5.41, 5.74) is 4.48. The van der Waals surface area contributed by atoms with Crippen LogP contribution in [0.25, 0.3) is 0 Å². The molecule has 1 aliphatic heterocycles. The van der Waals surface area contributed by atoms with E-state index in [0.717, 1.165) is 28.0 Å². The molecular weight excluding hydrogens is 424 g/mol. The lowest BCUT2D eigenvalue weighted by Crippen LogP contribution is -2.43. The summed E-state index contributed by atoms with van der Waals surface area (Å²) < 4.78 is 7.27. The zero-order valence-electron chi connectivity index (χ0n) is 19.0. The Morgan fingerprint density at radius 3 is 2.88 bits per heavy atom. The van der Waals surface area contributed by atoms with Crippen LogP contribution < -0.4 is 10.1 Å². The smallest absolute Gasteiger partial charge is 0.254 e. The van der Waals surface area contributed by atoms with Gasteiger partial charge in [-0.25, -0.2) is 0 Å². The van der Waals surface area contributed by atoms with E-state index in [9.17, 15) is 4.79 Å². The zero-order chi connectivity index (χ0) is 23.4. The first kappa shape index (κ1) is 21.6. The van der Waals surface area contributed by atoms with E-state index in [-0.39, 0.29) is 5.91 Å². The summed E-state index contributed by atoms with van der Waals surface area (Å²) in [4.78, 5) is 17.5. The number of hydrogen-bond acceptors (Lipinski definition) is 4. The zero-order valence-corrected chi connectivity index (χ0v) is 19.0. The van der Waals surface area contributed by atoms with Crippen molar-refractivity contribution in [1.29, 1.82) is 0 Å². The molecule has 6 nitrogen and oxygen atoms in total. The number of allylic oxidation sites excluding steroid dienone is 3. The molecule has 1 N–H and O–H groups in total. The molecule has 3 aromatic rings. The Hall–Kier alpha value is -4.19. The summed E-state index contributed by atoms with van der Waals surface area (Å²) in [6, 6.07) is 18.1. The molecule has 170 valence electrons. The first-order valence-electron chi connectivity index (χ1n) is 11.3. The van der Waals surface area contributed by atoms with Crippen LogP contribution in [0, 0.1) is 0 Å². The third-order valence-electron chi connectivity index (χ3n) is 6.31. The van der Waals surface area contributed by atoms with Gasteiger partial charge in [0.1, 0.15) is 5.75 Å². The van der Waals surface area contributed by atoms with Crippen LogP contribution in [0.1, 0.15) is 21.5 Å². The maximum absolute atomic E-state index is 13.1. The number of nitrogens with zero attached hydrogens (tertiary/aromatic N) is 3. The molecule has 34 heavy (non-hydrogen) atoms. The lowest BCUT2D eigenvalue weighted by atomic mass is 9.68. The van der Waals surface area contributed by atoms with E-state index in [1.807, 2.05) is 60.8 Å². The molecule has 0 saturated heterocycles. The fourth-order valence-electron chi connectivity index (χ4n) is 4.53. The standard InChI is InChI=1S/C28H26N4O2/c1-34-25-11-5-10-24(15-25)28(13-6-9-22-16-29-14-12-26(22)28)20-30-27(33)23-17-31-32(19-23)18-21-7-3-2-4-8-21/h2-15,17,19H,16,18,20H2,1H3,(H,30,33). The number of nitrogens with one attached hydrogen (secondary N) is 1. The number of carbonyl (C=O) groups excluding carboxylic acids is 1. The quantitative estimate of drug-likeness (QED) is 0.589. The highest BCUT2D eigenvalue weighted by Crippen LogP contribution is 2.42. The number of carbonyl (C=O) groups is 1. The van der Waals surface area contributed by atoms with Crippen molar-refractivity contribution in [1.82, 2.24) is 15.1 Å². The van der Waals surface area contributed by atoms with Crippen molar-refractivity contribution in [2.75, 3.05) is 20.2 Å². The monoisotopic (exact) mass is 450 g/mol. The summed E-state index contributed by atoms with van der Waals surface area (Å²) >= 11 is 0. The molecule has 5 rings (SSSR count). The molecule has 0 fully saturated rings. The summed E-state index contributed by atoms with van der Waals surface area (Å²) in [5.74, 6) is 0.621. The Labute approximate surface area is 199 Å². The van der Waals surface area contributed by atoms with Crippen molar-refractivity contribution < 1.29 is 9.53 Å². The second-order valence-electron chi connectivity index (χ2n) is 8.42. The predicted molar refractivity (Wildman–Crippen MR) is 133 cm³/mol. The highest BCUT2D eigenvalue weighted by Gasteiger charge is 2.38. The van der Waals surface area contributed by atoms with Crippen LogP contribution in [0.4, 0.5) is 0 Å². The van der Waals surface area contributed by atoms with Gasteiger partial charge in [-0.2, -0.15) is 5.10 Å². The first-order chi connectivity index (χ1) is 16.7. The number of benzene rings is 2. The van der Waals surface area contributed by atoms with Crippen molar-refractivity contribution in [3.05, 3.63) is 119 Å². The minimum atomic E-state index is -0.527. The highest BCUT2D eigenvalue weighted by atomic mass is 16.5. The molecule has 1 aromatic heterocycles. The van der Waals surface area contributed by atoms with Gasteiger partial charge in [-0.3, -0.25) is 14.5 Å². The topological polar surface area (TPSA) is 68.5 Å². The van der Waals surface area contributed by atoms with Crippen molar-refractivity contribution in [3.63, 3.8) is 0 Å².